The van der Waals surface area contributed by atoms with Gasteiger partial charge in [0.15, 0.2) is 0 Å². The molecule has 0 N–H and O–H groups in total. The maximum absolute atomic E-state index is 12.8. The van der Waals surface area contributed by atoms with E-state index in [1.54, 1.807) is 17.9 Å². The molecule has 1 saturated heterocycles. The molecular formula is C19H23F2N5O2. The molecule has 1 atom stereocenters. The first kappa shape index (κ1) is 18.8. The second kappa shape index (κ2) is 7.44. The first-order valence-corrected chi connectivity index (χ1v) is 9.63. The Bertz CT molecular complexity index is 952. The fourth-order valence-electron chi connectivity index (χ4n) is 4.23. The van der Waals surface area contributed by atoms with Gasteiger partial charge < -0.3 is 9.47 Å². The van der Waals surface area contributed by atoms with E-state index in [0.29, 0.717) is 18.8 Å². The highest BCUT2D eigenvalue weighted by Crippen LogP contribution is 2.29. The van der Waals surface area contributed by atoms with E-state index >= 15 is 0 Å². The number of likely N-dealkylation sites (tertiary alicyclic amines) is 1. The number of halogens is 2. The summed E-state index contributed by atoms with van der Waals surface area (Å²) in [5, 5.41) is 3.85. The zero-order valence-corrected chi connectivity index (χ0v) is 15.8. The first-order valence-electron chi connectivity index (χ1n) is 9.63. The van der Waals surface area contributed by atoms with Crippen molar-refractivity contribution in [2.45, 2.75) is 58.0 Å². The summed E-state index contributed by atoms with van der Waals surface area (Å²) in [6, 6.07) is 2.91. The highest BCUT2D eigenvalue weighted by Gasteiger charge is 2.29. The van der Waals surface area contributed by atoms with Crippen LogP contribution in [0.2, 0.25) is 0 Å². The van der Waals surface area contributed by atoms with Crippen molar-refractivity contribution in [1.29, 1.82) is 0 Å². The number of hydrogen-bond donors (Lipinski definition) is 0. The lowest BCUT2D eigenvalue weighted by Gasteiger charge is -2.34. The SMILES string of the molecule is Cc1cc(C(F)F)nn1CC(=O)N1CCCC(c2cc(=O)nc3n2CCC3)C1. The van der Waals surface area contributed by atoms with Crippen LogP contribution in [0.25, 0.3) is 0 Å². The fraction of sp³-hybridized carbons (Fsp3) is 0.579. The van der Waals surface area contributed by atoms with Crippen LogP contribution >= 0.6 is 0 Å². The number of hydrogen-bond acceptors (Lipinski definition) is 4. The standard InChI is InChI=1S/C19H23F2N5O2/c1-12-8-14(19(20)21)23-26(12)11-18(28)24-6-2-4-13(10-24)15-9-17(27)22-16-5-3-7-25(15)16/h8-9,13,19H,2-7,10-11H2,1H3. The molecule has 2 aromatic heterocycles. The van der Waals surface area contributed by atoms with E-state index in [4.69, 9.17) is 0 Å². The molecule has 2 aliphatic heterocycles. The van der Waals surface area contributed by atoms with E-state index in [9.17, 15) is 18.4 Å². The summed E-state index contributed by atoms with van der Waals surface area (Å²) in [6.45, 7) is 3.60. The third-order valence-electron chi connectivity index (χ3n) is 5.62. The summed E-state index contributed by atoms with van der Waals surface area (Å²) in [4.78, 5) is 30.6. The van der Waals surface area contributed by atoms with E-state index in [0.717, 1.165) is 43.7 Å². The number of carbonyl (C=O) groups is 1. The highest BCUT2D eigenvalue weighted by molar-refractivity contribution is 5.76. The Labute approximate surface area is 161 Å². The number of amides is 1. The molecule has 1 amide bonds. The van der Waals surface area contributed by atoms with Gasteiger partial charge >= 0.3 is 0 Å². The molecule has 7 nitrogen and oxygen atoms in total. The molecule has 9 heteroatoms. The predicted molar refractivity (Wildman–Crippen MR) is 97.3 cm³/mol. The molecule has 2 aromatic rings. The van der Waals surface area contributed by atoms with Crippen LogP contribution in [0.3, 0.4) is 0 Å². The van der Waals surface area contributed by atoms with E-state index in [1.807, 2.05) is 0 Å². The van der Waals surface area contributed by atoms with Crippen LogP contribution in [-0.2, 0) is 24.3 Å². The largest absolute Gasteiger partial charge is 0.340 e. The minimum Gasteiger partial charge on any atom is -0.340 e. The van der Waals surface area contributed by atoms with Gasteiger partial charge in [-0.2, -0.15) is 10.1 Å². The minimum atomic E-state index is -2.65. The molecule has 0 spiro atoms. The molecule has 0 saturated carbocycles. The van der Waals surface area contributed by atoms with Crippen molar-refractivity contribution in [3.63, 3.8) is 0 Å². The maximum Gasteiger partial charge on any atom is 0.282 e. The number of alkyl halides is 2. The van der Waals surface area contributed by atoms with Crippen molar-refractivity contribution in [3.8, 4) is 0 Å². The topological polar surface area (TPSA) is 73.0 Å². The summed E-state index contributed by atoms with van der Waals surface area (Å²) in [5.41, 5.74) is 0.961. The molecule has 0 aliphatic carbocycles. The zero-order valence-electron chi connectivity index (χ0n) is 15.8. The zero-order chi connectivity index (χ0) is 19.8. The Kier molecular flexibility index (Phi) is 4.99. The third-order valence-corrected chi connectivity index (χ3v) is 5.62. The van der Waals surface area contributed by atoms with Gasteiger partial charge in [-0.15, -0.1) is 0 Å². The van der Waals surface area contributed by atoms with Crippen LogP contribution in [-0.4, -0.2) is 43.2 Å². The van der Waals surface area contributed by atoms with Crippen molar-refractivity contribution in [3.05, 3.63) is 45.4 Å². The van der Waals surface area contributed by atoms with Gasteiger partial charge in [0.05, 0.1) is 0 Å². The lowest BCUT2D eigenvalue weighted by Crippen LogP contribution is -2.42. The molecular weight excluding hydrogens is 368 g/mol. The van der Waals surface area contributed by atoms with Crippen molar-refractivity contribution in [2.75, 3.05) is 13.1 Å². The average Bonchev–Trinajstić information content (AvgIpc) is 3.28. The number of piperidine rings is 1. The second-order valence-corrected chi connectivity index (χ2v) is 7.54. The quantitative estimate of drug-likeness (QED) is 0.800. The second-order valence-electron chi connectivity index (χ2n) is 7.54. The van der Waals surface area contributed by atoms with Crippen LogP contribution in [0.1, 0.15) is 54.5 Å². The van der Waals surface area contributed by atoms with Gasteiger partial charge in [0.1, 0.15) is 18.1 Å². The molecule has 4 rings (SSSR count). The molecule has 4 heterocycles. The Hall–Kier alpha value is -2.58. The molecule has 150 valence electrons. The molecule has 0 radical (unpaired) electrons. The molecule has 1 fully saturated rings. The number of nitrogens with zero attached hydrogens (tertiary/aromatic N) is 5. The molecule has 28 heavy (non-hydrogen) atoms. The molecule has 2 aliphatic rings. The van der Waals surface area contributed by atoms with Crippen LogP contribution in [0, 0.1) is 6.92 Å². The average molecular weight is 391 g/mol. The number of aryl methyl sites for hydroxylation is 2. The van der Waals surface area contributed by atoms with Crippen LogP contribution in [0.15, 0.2) is 16.9 Å². The summed E-state index contributed by atoms with van der Waals surface area (Å²) < 4.78 is 29.1. The van der Waals surface area contributed by atoms with E-state index < -0.39 is 6.43 Å². The minimum absolute atomic E-state index is 0.0559. The van der Waals surface area contributed by atoms with Gasteiger partial charge in [0.2, 0.25) is 5.91 Å². The molecule has 0 bridgehead atoms. The van der Waals surface area contributed by atoms with Gasteiger partial charge in [-0.3, -0.25) is 14.3 Å². The number of aromatic nitrogens is 4. The van der Waals surface area contributed by atoms with Crippen LogP contribution < -0.4 is 5.56 Å². The third kappa shape index (κ3) is 3.57. The lowest BCUT2D eigenvalue weighted by atomic mass is 9.94. The molecule has 0 aromatic carbocycles. The maximum atomic E-state index is 12.8. The van der Waals surface area contributed by atoms with E-state index in [2.05, 4.69) is 14.6 Å². The van der Waals surface area contributed by atoms with Gasteiger partial charge in [0, 0.05) is 49.4 Å². The number of carbonyl (C=O) groups excluding carboxylic acids is 1. The highest BCUT2D eigenvalue weighted by atomic mass is 19.3. The number of rotatable bonds is 4. The molecule has 1 unspecified atom stereocenters. The predicted octanol–water partition coefficient (Wildman–Crippen LogP) is 2.04. The lowest BCUT2D eigenvalue weighted by molar-refractivity contribution is -0.133. The Balaban J connectivity index is 1.50. The monoisotopic (exact) mass is 391 g/mol. The smallest absolute Gasteiger partial charge is 0.282 e. The number of fused-ring (bicyclic) bond motifs is 1. The first-order chi connectivity index (χ1) is 13.4. The fourth-order valence-corrected chi connectivity index (χ4v) is 4.23. The van der Waals surface area contributed by atoms with Crippen molar-refractivity contribution in [2.24, 2.45) is 0 Å². The summed E-state index contributed by atoms with van der Waals surface area (Å²) in [6.07, 6.45) is 0.875. The van der Waals surface area contributed by atoms with Gasteiger partial charge in [-0.05, 0) is 32.3 Å². The Morgan fingerprint density at radius 3 is 2.86 bits per heavy atom. The van der Waals surface area contributed by atoms with Crippen LogP contribution in [0.5, 0.6) is 0 Å². The Morgan fingerprint density at radius 2 is 2.11 bits per heavy atom. The van der Waals surface area contributed by atoms with Crippen molar-refractivity contribution >= 4 is 5.91 Å². The summed E-state index contributed by atoms with van der Waals surface area (Å²) >= 11 is 0. The van der Waals surface area contributed by atoms with E-state index in [1.165, 1.54) is 10.7 Å². The van der Waals surface area contributed by atoms with Gasteiger partial charge in [-0.25, -0.2) is 8.78 Å². The normalized spacial score (nSPS) is 19.3. The van der Waals surface area contributed by atoms with Gasteiger partial charge in [0.25, 0.3) is 12.0 Å². The summed E-state index contributed by atoms with van der Waals surface area (Å²) in [7, 11) is 0. The van der Waals surface area contributed by atoms with Crippen molar-refractivity contribution in [1.82, 2.24) is 24.2 Å². The van der Waals surface area contributed by atoms with Gasteiger partial charge in [-0.1, -0.05) is 0 Å². The van der Waals surface area contributed by atoms with Crippen LogP contribution in [0.4, 0.5) is 8.78 Å². The summed E-state index contributed by atoms with van der Waals surface area (Å²) in [5.74, 6) is 0.771. The Morgan fingerprint density at radius 1 is 1.29 bits per heavy atom. The van der Waals surface area contributed by atoms with Crippen molar-refractivity contribution < 1.29 is 13.6 Å². The van der Waals surface area contributed by atoms with E-state index in [-0.39, 0.29) is 29.6 Å².